The molecule has 3 aromatic rings. The highest BCUT2D eigenvalue weighted by molar-refractivity contribution is 5.16. The topological polar surface area (TPSA) is 54.2 Å². The molecule has 1 fully saturated rings. The van der Waals surface area contributed by atoms with Gasteiger partial charge in [0, 0.05) is 6.54 Å². The zero-order valence-corrected chi connectivity index (χ0v) is 16.6. The summed E-state index contributed by atoms with van der Waals surface area (Å²) >= 11 is 0. The molecular weight excluding hydrogens is 348 g/mol. The summed E-state index contributed by atoms with van der Waals surface area (Å²) in [4.78, 5) is 2.55. The van der Waals surface area contributed by atoms with Crippen molar-refractivity contribution < 1.29 is 5.11 Å². The van der Waals surface area contributed by atoms with E-state index in [0.29, 0.717) is 12.4 Å². The van der Waals surface area contributed by atoms with E-state index in [1.165, 1.54) is 43.5 Å². The van der Waals surface area contributed by atoms with E-state index < -0.39 is 6.10 Å². The summed E-state index contributed by atoms with van der Waals surface area (Å²) in [5.74, 6) is 0.596. The van der Waals surface area contributed by atoms with Crippen molar-refractivity contribution in [2.24, 2.45) is 0 Å². The smallest absolute Gasteiger partial charge is 0.161 e. The predicted octanol–water partition coefficient (Wildman–Crippen LogP) is 4.05. The molecule has 28 heavy (non-hydrogen) atoms. The Morgan fingerprint density at radius 2 is 1.43 bits per heavy atom. The second-order valence-electron chi connectivity index (χ2n) is 7.30. The van der Waals surface area contributed by atoms with E-state index in [1.807, 2.05) is 34.9 Å². The fourth-order valence-corrected chi connectivity index (χ4v) is 3.45. The lowest BCUT2D eigenvalue weighted by molar-refractivity contribution is 0.184. The SMILES string of the molecule is CC(O)c1nncn1Cc1ccccc1.c1ccc(CN2CCCCC2)cc1. The Morgan fingerprint density at radius 3 is 2.00 bits per heavy atom. The van der Waals surface area contributed by atoms with Gasteiger partial charge in [0.2, 0.25) is 0 Å². The molecule has 5 nitrogen and oxygen atoms in total. The Hall–Kier alpha value is -2.50. The summed E-state index contributed by atoms with van der Waals surface area (Å²) in [6.07, 6.45) is 5.23. The van der Waals surface area contributed by atoms with Gasteiger partial charge in [-0.2, -0.15) is 0 Å². The van der Waals surface area contributed by atoms with Gasteiger partial charge in [-0.05, 0) is 44.0 Å². The summed E-state index contributed by atoms with van der Waals surface area (Å²) in [7, 11) is 0. The molecule has 0 saturated carbocycles. The van der Waals surface area contributed by atoms with Crippen molar-refractivity contribution >= 4 is 0 Å². The van der Waals surface area contributed by atoms with Crippen LogP contribution in [0.1, 0.15) is 49.2 Å². The minimum atomic E-state index is -0.587. The molecule has 1 N–H and O–H groups in total. The molecule has 1 aliphatic heterocycles. The van der Waals surface area contributed by atoms with Crippen molar-refractivity contribution in [1.29, 1.82) is 0 Å². The van der Waals surface area contributed by atoms with Crippen LogP contribution in [0, 0.1) is 0 Å². The first kappa shape index (κ1) is 20.2. The van der Waals surface area contributed by atoms with Crippen LogP contribution >= 0.6 is 0 Å². The van der Waals surface area contributed by atoms with Gasteiger partial charge in [0.1, 0.15) is 12.4 Å². The van der Waals surface area contributed by atoms with Gasteiger partial charge in [0.25, 0.3) is 0 Å². The quantitative estimate of drug-likeness (QED) is 0.728. The van der Waals surface area contributed by atoms with Gasteiger partial charge in [-0.15, -0.1) is 10.2 Å². The van der Waals surface area contributed by atoms with Crippen molar-refractivity contribution in [3.05, 3.63) is 83.9 Å². The summed E-state index contributed by atoms with van der Waals surface area (Å²) in [5, 5.41) is 17.1. The van der Waals surface area contributed by atoms with Crippen LogP contribution in [0.5, 0.6) is 0 Å². The molecule has 0 amide bonds. The molecule has 2 heterocycles. The minimum Gasteiger partial charge on any atom is -0.385 e. The molecule has 2 aromatic carbocycles. The Morgan fingerprint density at radius 1 is 0.857 bits per heavy atom. The molecule has 148 valence electrons. The molecule has 0 bridgehead atoms. The fourth-order valence-electron chi connectivity index (χ4n) is 3.45. The molecule has 5 heteroatoms. The van der Waals surface area contributed by atoms with Gasteiger partial charge in [-0.25, -0.2) is 0 Å². The Labute approximate surface area is 167 Å². The maximum Gasteiger partial charge on any atom is 0.161 e. The zero-order valence-electron chi connectivity index (χ0n) is 16.6. The van der Waals surface area contributed by atoms with E-state index in [4.69, 9.17) is 0 Å². The van der Waals surface area contributed by atoms with Gasteiger partial charge in [0.05, 0.1) is 6.54 Å². The third-order valence-corrected chi connectivity index (χ3v) is 4.91. The van der Waals surface area contributed by atoms with Crippen molar-refractivity contribution in [3.63, 3.8) is 0 Å². The third-order valence-electron chi connectivity index (χ3n) is 4.91. The molecule has 1 saturated heterocycles. The van der Waals surface area contributed by atoms with Crippen molar-refractivity contribution in [1.82, 2.24) is 19.7 Å². The van der Waals surface area contributed by atoms with E-state index >= 15 is 0 Å². The summed E-state index contributed by atoms with van der Waals surface area (Å²) in [6.45, 7) is 6.09. The van der Waals surface area contributed by atoms with Gasteiger partial charge >= 0.3 is 0 Å². The molecule has 1 aromatic heterocycles. The normalized spacial score (nSPS) is 15.5. The Bertz CT molecular complexity index is 796. The number of aromatic nitrogens is 3. The molecule has 0 aliphatic carbocycles. The van der Waals surface area contributed by atoms with Gasteiger partial charge in [-0.1, -0.05) is 67.1 Å². The number of aliphatic hydroxyl groups excluding tert-OH is 1. The summed E-state index contributed by atoms with van der Waals surface area (Å²) in [5.41, 5.74) is 2.61. The molecule has 0 radical (unpaired) electrons. The maximum atomic E-state index is 9.45. The monoisotopic (exact) mass is 378 g/mol. The van der Waals surface area contributed by atoms with E-state index in [2.05, 4.69) is 45.4 Å². The van der Waals surface area contributed by atoms with E-state index in [9.17, 15) is 5.11 Å². The van der Waals surface area contributed by atoms with E-state index in [-0.39, 0.29) is 0 Å². The van der Waals surface area contributed by atoms with Gasteiger partial charge in [0.15, 0.2) is 5.82 Å². The molecule has 0 spiro atoms. The van der Waals surface area contributed by atoms with Crippen LogP contribution in [-0.4, -0.2) is 37.9 Å². The molecular formula is C23H30N4O. The first-order chi connectivity index (χ1) is 13.7. The van der Waals surface area contributed by atoms with Crippen molar-refractivity contribution in [3.8, 4) is 0 Å². The number of likely N-dealkylation sites (tertiary alicyclic amines) is 1. The van der Waals surface area contributed by atoms with Crippen molar-refractivity contribution in [2.45, 2.75) is 45.4 Å². The second kappa shape index (κ2) is 10.7. The third kappa shape index (κ3) is 6.29. The lowest BCUT2D eigenvalue weighted by atomic mass is 10.1. The second-order valence-corrected chi connectivity index (χ2v) is 7.30. The highest BCUT2D eigenvalue weighted by Gasteiger charge is 2.10. The predicted molar refractivity (Wildman–Crippen MR) is 112 cm³/mol. The minimum absolute atomic E-state index is 0.587. The largest absolute Gasteiger partial charge is 0.385 e. The number of hydrogen-bond acceptors (Lipinski definition) is 4. The van der Waals surface area contributed by atoms with E-state index in [0.717, 1.165) is 6.54 Å². The summed E-state index contributed by atoms with van der Waals surface area (Å²) in [6, 6.07) is 20.8. The molecule has 1 unspecified atom stereocenters. The van der Waals surface area contributed by atoms with Crippen LogP contribution in [0.4, 0.5) is 0 Å². The lowest BCUT2D eigenvalue weighted by Gasteiger charge is -2.26. The highest BCUT2D eigenvalue weighted by atomic mass is 16.3. The average Bonchev–Trinajstić information content (AvgIpc) is 3.19. The van der Waals surface area contributed by atoms with E-state index in [1.54, 1.807) is 13.3 Å². The Kier molecular flexibility index (Phi) is 7.76. The number of piperidine rings is 1. The fraction of sp³-hybridized carbons (Fsp3) is 0.391. The average molecular weight is 379 g/mol. The lowest BCUT2D eigenvalue weighted by Crippen LogP contribution is -2.28. The van der Waals surface area contributed by atoms with Crippen LogP contribution < -0.4 is 0 Å². The van der Waals surface area contributed by atoms with Crippen LogP contribution in [-0.2, 0) is 13.1 Å². The van der Waals surface area contributed by atoms with Crippen LogP contribution in [0.25, 0.3) is 0 Å². The Balaban J connectivity index is 0.000000162. The molecule has 1 atom stereocenters. The molecule has 1 aliphatic rings. The number of aliphatic hydroxyl groups is 1. The molecule has 4 rings (SSSR count). The first-order valence-corrected chi connectivity index (χ1v) is 10.1. The number of benzene rings is 2. The van der Waals surface area contributed by atoms with Gasteiger partial charge < -0.3 is 9.67 Å². The number of nitrogens with zero attached hydrogens (tertiary/aromatic N) is 4. The van der Waals surface area contributed by atoms with Crippen LogP contribution in [0.3, 0.4) is 0 Å². The first-order valence-electron chi connectivity index (χ1n) is 10.1. The number of rotatable bonds is 5. The standard InChI is InChI=1S/C12H17N.C11H13N3O/c1-3-7-12(8-4-1)11-13-9-5-2-6-10-13;1-9(15)11-13-12-8-14(11)7-10-5-3-2-4-6-10/h1,3-4,7-8H,2,5-6,9-11H2;2-6,8-9,15H,7H2,1H3. The highest BCUT2D eigenvalue weighted by Crippen LogP contribution is 2.12. The van der Waals surface area contributed by atoms with Gasteiger partial charge in [-0.3, -0.25) is 4.90 Å². The van der Waals surface area contributed by atoms with Crippen LogP contribution in [0.2, 0.25) is 0 Å². The zero-order chi connectivity index (χ0) is 19.6. The maximum absolute atomic E-state index is 9.45. The van der Waals surface area contributed by atoms with Crippen molar-refractivity contribution in [2.75, 3.05) is 13.1 Å². The number of hydrogen-bond donors (Lipinski definition) is 1. The summed E-state index contributed by atoms with van der Waals surface area (Å²) < 4.78 is 1.85. The van der Waals surface area contributed by atoms with Crippen LogP contribution in [0.15, 0.2) is 67.0 Å².